The third-order valence-electron chi connectivity index (χ3n) is 5.86. The van der Waals surface area contributed by atoms with Gasteiger partial charge in [-0.1, -0.05) is 6.08 Å². The molecule has 0 spiro atoms. The lowest BCUT2D eigenvalue weighted by molar-refractivity contribution is -0.577. The molecule has 0 radical (unpaired) electrons. The van der Waals surface area contributed by atoms with E-state index in [-0.39, 0.29) is 11.8 Å². The summed E-state index contributed by atoms with van der Waals surface area (Å²) in [6.45, 7) is 5.76. The van der Waals surface area contributed by atoms with E-state index in [0.717, 1.165) is 25.9 Å². The van der Waals surface area contributed by atoms with Crippen LogP contribution in [0.1, 0.15) is 28.6 Å². The van der Waals surface area contributed by atoms with Crippen molar-refractivity contribution in [3.8, 4) is 5.75 Å². The Balaban J connectivity index is 1.70. The van der Waals surface area contributed by atoms with Gasteiger partial charge in [0.05, 0.1) is 22.6 Å². The predicted molar refractivity (Wildman–Crippen MR) is 96.2 cm³/mol. The molecule has 3 saturated heterocycles. The Hall–Kier alpha value is -2.11. The van der Waals surface area contributed by atoms with Gasteiger partial charge in [0.1, 0.15) is 5.75 Å². The highest BCUT2D eigenvalue weighted by atomic mass is 16.5. The van der Waals surface area contributed by atoms with Gasteiger partial charge < -0.3 is 15.1 Å². The van der Waals surface area contributed by atoms with E-state index in [2.05, 4.69) is 11.5 Å². The van der Waals surface area contributed by atoms with Crippen LogP contribution < -0.4 is 9.47 Å². The first kappa shape index (κ1) is 13.1. The molecular formula is C20H24N2O3. The lowest BCUT2D eigenvalue weighted by Gasteiger charge is -2.50. The van der Waals surface area contributed by atoms with Crippen LogP contribution in [0.25, 0.3) is 10.9 Å². The highest BCUT2D eigenvalue weighted by Gasteiger charge is 2.42. The highest BCUT2D eigenvalue weighted by molar-refractivity contribution is 5.81. The Morgan fingerprint density at radius 1 is 1.52 bits per heavy atom. The van der Waals surface area contributed by atoms with Crippen molar-refractivity contribution in [2.24, 2.45) is 11.8 Å². The van der Waals surface area contributed by atoms with Gasteiger partial charge in [-0.2, -0.15) is 4.73 Å². The summed E-state index contributed by atoms with van der Waals surface area (Å²) in [5.74, 6) is 1.10. The summed E-state index contributed by atoms with van der Waals surface area (Å²) >= 11 is 0. The number of aliphatic hydroxyl groups excluding tert-OH is 1. The molecule has 5 nitrogen and oxygen atoms in total. The molecule has 1 aromatic heterocycles. The summed E-state index contributed by atoms with van der Waals surface area (Å²) in [4.78, 5) is 2.30. The number of nitrogens with zero attached hydrogens (tertiary/aromatic N) is 2. The molecule has 3 aliphatic heterocycles. The van der Waals surface area contributed by atoms with Crippen molar-refractivity contribution in [1.82, 2.24) is 4.90 Å². The molecule has 2 aromatic rings. The van der Waals surface area contributed by atoms with Crippen molar-refractivity contribution in [2.75, 3.05) is 20.1 Å². The van der Waals surface area contributed by atoms with Crippen LogP contribution in [-0.2, 0) is 0 Å². The van der Waals surface area contributed by atoms with Crippen LogP contribution in [0.3, 0.4) is 0 Å². The summed E-state index contributed by atoms with van der Waals surface area (Å²) in [6.07, 6.45) is 4.59. The third-order valence-corrected chi connectivity index (χ3v) is 5.86. The zero-order valence-corrected chi connectivity index (χ0v) is 14.0. The second kappa shape index (κ2) is 6.32. The molecule has 3 aliphatic rings. The predicted octanol–water partition coefficient (Wildman–Crippen LogP) is 2.41. The van der Waals surface area contributed by atoms with Crippen LogP contribution in [0.15, 0.2) is 43.1 Å². The van der Waals surface area contributed by atoms with Crippen LogP contribution >= 0.6 is 0 Å². The number of fused-ring (bicyclic) bond motifs is 4. The average Bonchev–Trinajstić information content (AvgIpc) is 2.66. The van der Waals surface area contributed by atoms with E-state index in [9.17, 15) is 10.3 Å². The van der Waals surface area contributed by atoms with Gasteiger partial charge in [-0.3, -0.25) is 4.90 Å². The topological polar surface area (TPSA) is 59.6 Å². The lowest BCUT2D eigenvalue weighted by Crippen LogP contribution is -2.54. The number of rotatable bonds is 4. The van der Waals surface area contributed by atoms with Crippen LogP contribution in [0, 0.1) is 17.0 Å². The van der Waals surface area contributed by atoms with Crippen LogP contribution in [0.2, 0.25) is 0 Å². The molecule has 132 valence electrons. The van der Waals surface area contributed by atoms with Gasteiger partial charge in [0.25, 0.3) is 0 Å². The zero-order chi connectivity index (χ0) is 20.1. The number of hydrogen-bond donors (Lipinski definition) is 1. The molecule has 0 saturated carbocycles. The maximum absolute atomic E-state index is 12.2. The Morgan fingerprint density at radius 3 is 3.12 bits per heavy atom. The van der Waals surface area contributed by atoms with Crippen LogP contribution in [-0.4, -0.2) is 36.2 Å². The normalized spacial score (nSPS) is 31.8. The number of aliphatic hydroxyl groups is 1. The smallest absolute Gasteiger partial charge is 0.224 e. The maximum Gasteiger partial charge on any atom is 0.224 e. The Labute approximate surface area is 151 Å². The molecule has 2 bridgehead atoms. The standard InChI is InChI=1S/C20H24N2O3/c1-3-13-12-21-8-6-14(13)10-19(21)20(23)16-7-9-22(24)18-5-4-15(25-2)11-17(16)18/h3-5,7,9,11,13-14,19-20,23H,1,6,8,10,12H2,2H3/t13-,14?,19+,20-/m1/s1/i2D3. The Morgan fingerprint density at radius 2 is 2.40 bits per heavy atom. The fraction of sp³-hybridized carbons (Fsp3) is 0.450. The van der Waals surface area contributed by atoms with E-state index < -0.39 is 13.1 Å². The minimum atomic E-state index is -2.58. The minimum Gasteiger partial charge on any atom is -0.618 e. The van der Waals surface area contributed by atoms with Crippen LogP contribution in [0.4, 0.5) is 0 Å². The summed E-state index contributed by atoms with van der Waals surface area (Å²) < 4.78 is 27.6. The van der Waals surface area contributed by atoms with Gasteiger partial charge in [-0.25, -0.2) is 0 Å². The molecule has 1 aromatic carbocycles. The van der Waals surface area contributed by atoms with E-state index in [1.165, 1.54) is 24.4 Å². The van der Waals surface area contributed by atoms with Crippen LogP contribution in [0.5, 0.6) is 5.75 Å². The number of methoxy groups -OCH3 is 1. The van der Waals surface area contributed by atoms with Crippen molar-refractivity contribution in [2.45, 2.75) is 25.0 Å². The number of aromatic nitrogens is 1. The van der Waals surface area contributed by atoms with Gasteiger partial charge in [-0.05, 0) is 43.4 Å². The van der Waals surface area contributed by atoms with Gasteiger partial charge in [0.15, 0.2) is 6.20 Å². The summed E-state index contributed by atoms with van der Waals surface area (Å²) in [5, 5.41) is 23.9. The fourth-order valence-electron chi connectivity index (χ4n) is 4.49. The van der Waals surface area contributed by atoms with Crippen molar-refractivity contribution in [3.63, 3.8) is 0 Å². The molecule has 5 heteroatoms. The second-order valence-electron chi connectivity index (χ2n) is 7.07. The molecule has 3 fully saturated rings. The van der Waals surface area contributed by atoms with Crippen molar-refractivity contribution >= 4 is 10.9 Å². The average molecular weight is 343 g/mol. The number of hydrogen-bond acceptors (Lipinski definition) is 4. The summed E-state index contributed by atoms with van der Waals surface area (Å²) in [6, 6.07) is 6.10. The quantitative estimate of drug-likeness (QED) is 0.526. The van der Waals surface area contributed by atoms with Gasteiger partial charge >= 0.3 is 0 Å². The van der Waals surface area contributed by atoms with E-state index in [4.69, 9.17) is 8.85 Å². The van der Waals surface area contributed by atoms with Gasteiger partial charge in [0.2, 0.25) is 5.52 Å². The molecule has 0 aliphatic carbocycles. The lowest BCUT2D eigenvalue weighted by atomic mass is 9.73. The van der Waals surface area contributed by atoms with E-state index in [1.807, 2.05) is 6.08 Å². The zero-order valence-electron chi connectivity index (χ0n) is 17.0. The maximum atomic E-state index is 12.2. The SMILES string of the molecule is [2H]C([2H])([2H])Oc1ccc2c(c1)c([C@@H](O)[C@@H]1CC3CCN1C[C@H]3C=C)cc[n+]2[O-]. The third kappa shape index (κ3) is 2.68. The molecule has 5 rings (SSSR count). The van der Waals surface area contributed by atoms with Gasteiger partial charge in [0, 0.05) is 30.3 Å². The first-order valence-electron chi connectivity index (χ1n) is 10.2. The van der Waals surface area contributed by atoms with E-state index >= 15 is 0 Å². The van der Waals surface area contributed by atoms with E-state index in [0.29, 0.717) is 33.0 Å². The molecule has 5 atom stereocenters. The summed E-state index contributed by atoms with van der Waals surface area (Å²) in [7, 11) is -2.58. The monoisotopic (exact) mass is 343 g/mol. The minimum absolute atomic E-state index is 0.0344. The molecule has 2 unspecified atom stereocenters. The Kier molecular flexibility index (Phi) is 3.32. The number of pyridine rings is 1. The highest BCUT2D eigenvalue weighted by Crippen LogP contribution is 2.42. The van der Waals surface area contributed by atoms with Gasteiger partial charge in [-0.15, -0.1) is 6.58 Å². The molecule has 4 heterocycles. The molecule has 0 amide bonds. The molecular weight excluding hydrogens is 316 g/mol. The Bertz CT molecular complexity index is 902. The first-order valence-corrected chi connectivity index (χ1v) is 8.66. The number of benzene rings is 1. The largest absolute Gasteiger partial charge is 0.618 e. The first-order chi connectivity index (χ1) is 13.3. The fourth-order valence-corrected chi connectivity index (χ4v) is 4.49. The van der Waals surface area contributed by atoms with E-state index in [1.54, 1.807) is 6.07 Å². The van der Waals surface area contributed by atoms with Crippen molar-refractivity contribution < 1.29 is 18.7 Å². The molecule has 25 heavy (non-hydrogen) atoms. The van der Waals surface area contributed by atoms with Crippen molar-refractivity contribution in [1.29, 1.82) is 0 Å². The number of ether oxygens (including phenoxy) is 1. The second-order valence-corrected chi connectivity index (χ2v) is 7.07. The van der Waals surface area contributed by atoms with Crippen molar-refractivity contribution in [3.05, 3.63) is 53.9 Å². The molecule has 1 N–H and O–H groups in total. The summed E-state index contributed by atoms with van der Waals surface area (Å²) in [5.41, 5.74) is 0.986. The number of piperidine rings is 3.